The normalized spacial score (nSPS) is 16.5. The molecule has 1 aliphatic carbocycles. The molecule has 1 aromatic rings. The fraction of sp³-hybridized carbons (Fsp3) is 0.467. The van der Waals surface area contributed by atoms with Crippen LogP contribution in [0.2, 0.25) is 0 Å². The molecule has 1 atom stereocenters. The summed E-state index contributed by atoms with van der Waals surface area (Å²) in [5, 5.41) is 2.84. The van der Waals surface area contributed by atoms with Gasteiger partial charge in [-0.15, -0.1) is 0 Å². The minimum Gasteiger partial charge on any atom is -0.449 e. The minimum atomic E-state index is -0.943. The summed E-state index contributed by atoms with van der Waals surface area (Å²) in [6.07, 6.45) is 3.16. The van der Waals surface area contributed by atoms with Crippen LogP contribution in [0.15, 0.2) is 22.7 Å². The van der Waals surface area contributed by atoms with E-state index in [1.165, 1.54) is 19.1 Å². The zero-order valence-corrected chi connectivity index (χ0v) is 13.3. The van der Waals surface area contributed by atoms with Crippen LogP contribution in [-0.2, 0) is 9.53 Å². The van der Waals surface area contributed by atoms with Crippen molar-refractivity contribution in [3.8, 4) is 0 Å². The lowest BCUT2D eigenvalue weighted by atomic mass is 10.2. The zero-order chi connectivity index (χ0) is 15.4. The Kier molecular flexibility index (Phi) is 5.33. The first-order valence-electron chi connectivity index (χ1n) is 6.94. The topological polar surface area (TPSA) is 55.4 Å². The second kappa shape index (κ2) is 7.02. The lowest BCUT2D eigenvalue weighted by Crippen LogP contribution is -2.40. The van der Waals surface area contributed by atoms with Crippen LogP contribution in [0.5, 0.6) is 0 Å². The van der Waals surface area contributed by atoms with Gasteiger partial charge in [0.2, 0.25) is 0 Å². The Hall–Kier alpha value is -1.43. The smallest absolute Gasteiger partial charge is 0.341 e. The molecule has 6 heteroatoms. The predicted octanol–water partition coefficient (Wildman–Crippen LogP) is 3.19. The Bertz CT molecular complexity index is 544. The van der Waals surface area contributed by atoms with Crippen LogP contribution < -0.4 is 5.32 Å². The van der Waals surface area contributed by atoms with Gasteiger partial charge in [-0.1, -0.05) is 28.8 Å². The molecule has 0 bridgehead atoms. The van der Waals surface area contributed by atoms with Crippen LogP contribution in [0.25, 0.3) is 0 Å². The highest BCUT2D eigenvalue weighted by molar-refractivity contribution is 9.10. The number of hydrogen-bond acceptors (Lipinski definition) is 3. The maximum absolute atomic E-state index is 13.6. The van der Waals surface area contributed by atoms with Gasteiger partial charge in [-0.2, -0.15) is 0 Å². The van der Waals surface area contributed by atoms with E-state index in [-0.39, 0.29) is 17.5 Å². The van der Waals surface area contributed by atoms with Crippen LogP contribution >= 0.6 is 15.9 Å². The third-order valence-corrected chi connectivity index (χ3v) is 4.00. The molecule has 21 heavy (non-hydrogen) atoms. The van der Waals surface area contributed by atoms with Gasteiger partial charge < -0.3 is 10.1 Å². The predicted molar refractivity (Wildman–Crippen MR) is 79.4 cm³/mol. The SMILES string of the molecule is C[C@H](OC(=O)c1ccc(Br)cc1F)C(=O)NC1CCCC1. The molecule has 0 aliphatic heterocycles. The number of carbonyl (C=O) groups excluding carboxylic acids is 2. The van der Waals surface area contributed by atoms with Crippen molar-refractivity contribution in [2.75, 3.05) is 0 Å². The van der Waals surface area contributed by atoms with E-state index in [1.807, 2.05) is 0 Å². The van der Waals surface area contributed by atoms with Crippen LogP contribution in [-0.4, -0.2) is 24.0 Å². The highest BCUT2D eigenvalue weighted by atomic mass is 79.9. The van der Waals surface area contributed by atoms with Gasteiger partial charge in [0.1, 0.15) is 5.82 Å². The molecule has 114 valence electrons. The van der Waals surface area contributed by atoms with Gasteiger partial charge in [0.15, 0.2) is 6.10 Å². The first kappa shape index (κ1) is 15.9. The highest BCUT2D eigenvalue weighted by Gasteiger charge is 2.24. The minimum absolute atomic E-state index is 0.156. The molecule has 2 rings (SSSR count). The van der Waals surface area contributed by atoms with E-state index in [0.29, 0.717) is 4.47 Å². The zero-order valence-electron chi connectivity index (χ0n) is 11.7. The fourth-order valence-corrected chi connectivity index (χ4v) is 2.65. The van der Waals surface area contributed by atoms with Crippen molar-refractivity contribution in [1.29, 1.82) is 0 Å². The lowest BCUT2D eigenvalue weighted by molar-refractivity contribution is -0.129. The van der Waals surface area contributed by atoms with E-state index in [1.54, 1.807) is 6.07 Å². The largest absolute Gasteiger partial charge is 0.449 e. The summed E-state index contributed by atoms with van der Waals surface area (Å²) in [5.41, 5.74) is -0.182. The average molecular weight is 358 g/mol. The van der Waals surface area contributed by atoms with Crippen molar-refractivity contribution >= 4 is 27.8 Å². The van der Waals surface area contributed by atoms with Crippen molar-refractivity contribution in [3.63, 3.8) is 0 Å². The number of ether oxygens (including phenoxy) is 1. The van der Waals surface area contributed by atoms with E-state index in [2.05, 4.69) is 21.2 Å². The van der Waals surface area contributed by atoms with Gasteiger partial charge in [0.25, 0.3) is 5.91 Å². The van der Waals surface area contributed by atoms with Gasteiger partial charge in [-0.25, -0.2) is 9.18 Å². The molecule has 0 heterocycles. The van der Waals surface area contributed by atoms with Gasteiger partial charge >= 0.3 is 5.97 Å². The first-order chi connectivity index (χ1) is 9.97. The van der Waals surface area contributed by atoms with Gasteiger partial charge in [-0.3, -0.25) is 4.79 Å². The molecule has 1 aliphatic rings. The lowest BCUT2D eigenvalue weighted by Gasteiger charge is -2.17. The van der Waals surface area contributed by atoms with Crippen molar-refractivity contribution in [2.24, 2.45) is 0 Å². The van der Waals surface area contributed by atoms with E-state index < -0.39 is 17.9 Å². The number of nitrogens with one attached hydrogen (secondary N) is 1. The highest BCUT2D eigenvalue weighted by Crippen LogP contribution is 2.19. The van der Waals surface area contributed by atoms with Crippen LogP contribution in [0.1, 0.15) is 43.0 Å². The van der Waals surface area contributed by atoms with E-state index in [9.17, 15) is 14.0 Å². The summed E-state index contributed by atoms with van der Waals surface area (Å²) in [7, 11) is 0. The van der Waals surface area contributed by atoms with Crippen molar-refractivity contribution in [2.45, 2.75) is 44.8 Å². The quantitative estimate of drug-likeness (QED) is 0.841. The van der Waals surface area contributed by atoms with Crippen LogP contribution in [0, 0.1) is 5.82 Å². The molecule has 0 spiro atoms. The van der Waals surface area contributed by atoms with E-state index >= 15 is 0 Å². The number of amides is 1. The molecular weight excluding hydrogens is 341 g/mol. The molecule has 1 aromatic carbocycles. The second-order valence-electron chi connectivity index (χ2n) is 5.16. The number of halogens is 2. The molecule has 0 aromatic heterocycles. The molecule has 4 nitrogen and oxygen atoms in total. The number of esters is 1. The summed E-state index contributed by atoms with van der Waals surface area (Å²) in [4.78, 5) is 23.8. The standard InChI is InChI=1S/C15H17BrFNO3/c1-9(14(19)18-11-4-2-3-5-11)21-15(20)12-7-6-10(16)8-13(12)17/h6-9,11H,2-5H2,1H3,(H,18,19)/t9-/m0/s1. The summed E-state index contributed by atoms with van der Waals surface area (Å²) in [5.74, 6) is -1.86. The summed E-state index contributed by atoms with van der Waals surface area (Å²) >= 11 is 3.11. The monoisotopic (exact) mass is 357 g/mol. The average Bonchev–Trinajstić information content (AvgIpc) is 2.91. The number of benzene rings is 1. The Morgan fingerprint density at radius 3 is 2.67 bits per heavy atom. The van der Waals surface area contributed by atoms with Crippen molar-refractivity contribution < 1.29 is 18.7 Å². The molecule has 1 saturated carbocycles. The summed E-state index contributed by atoms with van der Waals surface area (Å²) < 4.78 is 19.2. The molecule has 0 unspecified atom stereocenters. The third kappa shape index (κ3) is 4.27. The van der Waals surface area contributed by atoms with Crippen molar-refractivity contribution in [3.05, 3.63) is 34.1 Å². The number of hydrogen-bond donors (Lipinski definition) is 1. The molecule has 1 fully saturated rings. The Balaban J connectivity index is 1.93. The van der Waals surface area contributed by atoms with Crippen LogP contribution in [0.4, 0.5) is 4.39 Å². The Morgan fingerprint density at radius 1 is 1.38 bits per heavy atom. The first-order valence-corrected chi connectivity index (χ1v) is 7.73. The fourth-order valence-electron chi connectivity index (χ4n) is 2.32. The van der Waals surface area contributed by atoms with Gasteiger partial charge in [-0.05, 0) is 38.0 Å². The maximum atomic E-state index is 13.6. The van der Waals surface area contributed by atoms with E-state index in [4.69, 9.17) is 4.74 Å². The summed E-state index contributed by atoms with van der Waals surface area (Å²) in [6.45, 7) is 1.49. The van der Waals surface area contributed by atoms with E-state index in [0.717, 1.165) is 25.7 Å². The van der Waals surface area contributed by atoms with Gasteiger partial charge in [0.05, 0.1) is 5.56 Å². The Labute approximate surface area is 131 Å². The van der Waals surface area contributed by atoms with Gasteiger partial charge in [0, 0.05) is 10.5 Å². The Morgan fingerprint density at radius 2 is 2.05 bits per heavy atom. The molecular formula is C15H17BrFNO3. The van der Waals surface area contributed by atoms with Crippen LogP contribution in [0.3, 0.4) is 0 Å². The summed E-state index contributed by atoms with van der Waals surface area (Å²) in [6, 6.07) is 4.20. The molecule has 1 amide bonds. The number of carbonyl (C=O) groups is 2. The third-order valence-electron chi connectivity index (χ3n) is 3.51. The molecule has 1 N–H and O–H groups in total. The molecule has 0 saturated heterocycles. The number of rotatable bonds is 4. The second-order valence-corrected chi connectivity index (χ2v) is 6.08. The maximum Gasteiger partial charge on any atom is 0.341 e. The van der Waals surface area contributed by atoms with Crippen molar-refractivity contribution in [1.82, 2.24) is 5.32 Å². The molecule has 0 radical (unpaired) electrons.